The SMILES string of the molecule is C=CCCC(=O)N[C@@H](COC)[C@@H](OC(=O)[C@H]1[C@@H]2O[C@@]3(CC2Br)[C@@H]1C(=O)N([C@@H](CO)C(C)C)[C@@H]3C(=O)N(CC=C)c1c(C)cccc1C)c1ccccc1. The van der Waals surface area contributed by atoms with Gasteiger partial charge in [-0.05, 0) is 49.3 Å². The number of esters is 1. The van der Waals surface area contributed by atoms with Crippen molar-refractivity contribution in [1.82, 2.24) is 10.2 Å². The number of halogens is 1. The van der Waals surface area contributed by atoms with Crippen molar-refractivity contribution >= 4 is 45.3 Å². The number of hydrogen-bond donors (Lipinski definition) is 2. The summed E-state index contributed by atoms with van der Waals surface area (Å²) in [6.07, 6.45) is 2.48. The summed E-state index contributed by atoms with van der Waals surface area (Å²) in [6.45, 7) is 15.1. The van der Waals surface area contributed by atoms with Crippen LogP contribution in [-0.2, 0) is 33.4 Å². The first-order valence-electron chi connectivity index (χ1n) is 18.2. The van der Waals surface area contributed by atoms with E-state index in [-0.39, 0.29) is 48.6 Å². The second-order valence-corrected chi connectivity index (χ2v) is 15.8. The molecule has 1 unspecified atom stereocenters. The smallest absolute Gasteiger partial charge is 0.313 e. The number of aliphatic hydroxyl groups is 1. The van der Waals surface area contributed by atoms with Crippen molar-refractivity contribution < 1.29 is 38.5 Å². The lowest BCUT2D eigenvalue weighted by Crippen LogP contribution is -2.60. The first kappa shape index (κ1) is 40.3. The number of allylic oxidation sites excluding steroid dienone is 1. The highest BCUT2D eigenvalue weighted by molar-refractivity contribution is 9.09. The molecule has 0 aliphatic carbocycles. The third kappa shape index (κ3) is 7.61. The van der Waals surface area contributed by atoms with Crippen LogP contribution < -0.4 is 10.2 Å². The molecule has 2 N–H and O–H groups in total. The minimum absolute atomic E-state index is 0.0407. The number of para-hydroxylation sites is 1. The molecule has 2 bridgehead atoms. The minimum Gasteiger partial charge on any atom is -0.455 e. The molecule has 2 aromatic rings. The maximum absolute atomic E-state index is 15.2. The van der Waals surface area contributed by atoms with E-state index in [2.05, 4.69) is 34.4 Å². The molecule has 9 atom stereocenters. The van der Waals surface area contributed by atoms with Gasteiger partial charge in [-0.3, -0.25) is 19.2 Å². The van der Waals surface area contributed by atoms with Gasteiger partial charge in [0.25, 0.3) is 5.91 Å². The molecule has 0 saturated carbocycles. The molecule has 3 aliphatic heterocycles. The van der Waals surface area contributed by atoms with Gasteiger partial charge in [-0.2, -0.15) is 0 Å². The molecule has 286 valence electrons. The Labute approximate surface area is 320 Å². The number of carbonyl (C=O) groups excluding carboxylic acids is 4. The summed E-state index contributed by atoms with van der Waals surface area (Å²) in [7, 11) is 1.50. The van der Waals surface area contributed by atoms with E-state index in [0.717, 1.165) is 11.1 Å². The maximum Gasteiger partial charge on any atom is 0.313 e. The number of fused-ring (bicyclic) bond motifs is 1. The molecule has 3 amide bonds. The average molecular weight is 795 g/mol. The van der Waals surface area contributed by atoms with Crippen LogP contribution in [0.25, 0.3) is 0 Å². The minimum atomic E-state index is -1.40. The molecule has 2 aromatic carbocycles. The number of benzene rings is 2. The van der Waals surface area contributed by atoms with Crippen molar-refractivity contribution in [2.24, 2.45) is 17.8 Å². The highest BCUT2D eigenvalue weighted by Crippen LogP contribution is 2.61. The zero-order chi connectivity index (χ0) is 38.6. The fourth-order valence-electron chi connectivity index (χ4n) is 8.52. The number of methoxy groups -OCH3 is 1. The lowest BCUT2D eigenvalue weighted by molar-refractivity contribution is -0.163. The van der Waals surface area contributed by atoms with Gasteiger partial charge in [0, 0.05) is 30.6 Å². The van der Waals surface area contributed by atoms with Crippen LogP contribution in [0.3, 0.4) is 0 Å². The largest absolute Gasteiger partial charge is 0.455 e. The van der Waals surface area contributed by atoms with Crippen molar-refractivity contribution in [2.75, 3.05) is 31.8 Å². The summed E-state index contributed by atoms with van der Waals surface area (Å²) in [5, 5.41) is 13.7. The number of ether oxygens (including phenoxy) is 3. The Kier molecular flexibility index (Phi) is 13.0. The Morgan fingerprint density at radius 2 is 1.79 bits per heavy atom. The third-order valence-electron chi connectivity index (χ3n) is 10.8. The monoisotopic (exact) mass is 793 g/mol. The van der Waals surface area contributed by atoms with E-state index < -0.39 is 66.3 Å². The normalized spacial score (nSPS) is 26.2. The van der Waals surface area contributed by atoms with Gasteiger partial charge in [-0.1, -0.05) is 90.5 Å². The van der Waals surface area contributed by atoms with Crippen molar-refractivity contribution in [3.05, 3.63) is 90.5 Å². The molecule has 11 nitrogen and oxygen atoms in total. The Hall–Kier alpha value is -3.84. The molecule has 3 heterocycles. The first-order valence-corrected chi connectivity index (χ1v) is 19.2. The van der Waals surface area contributed by atoms with Crippen LogP contribution in [0.1, 0.15) is 55.9 Å². The van der Waals surface area contributed by atoms with Gasteiger partial charge in [0.2, 0.25) is 11.8 Å². The van der Waals surface area contributed by atoms with Crippen LogP contribution in [0.5, 0.6) is 0 Å². The molecule has 3 aliphatic rings. The maximum atomic E-state index is 15.2. The summed E-state index contributed by atoms with van der Waals surface area (Å²) >= 11 is 3.75. The molecule has 0 radical (unpaired) electrons. The Morgan fingerprint density at radius 3 is 2.38 bits per heavy atom. The Bertz CT molecular complexity index is 1670. The molecule has 3 fully saturated rings. The highest BCUT2D eigenvalue weighted by atomic mass is 79.9. The van der Waals surface area contributed by atoms with Crippen LogP contribution in [0.2, 0.25) is 0 Å². The van der Waals surface area contributed by atoms with E-state index in [4.69, 9.17) is 14.2 Å². The Balaban J connectivity index is 1.58. The van der Waals surface area contributed by atoms with E-state index >= 15 is 4.79 Å². The first-order chi connectivity index (χ1) is 25.4. The Morgan fingerprint density at radius 1 is 1.11 bits per heavy atom. The van der Waals surface area contributed by atoms with Gasteiger partial charge >= 0.3 is 5.97 Å². The molecular weight excluding hydrogens is 742 g/mol. The summed E-state index contributed by atoms with van der Waals surface area (Å²) in [5.74, 6) is -4.16. The van der Waals surface area contributed by atoms with Gasteiger partial charge < -0.3 is 34.4 Å². The van der Waals surface area contributed by atoms with Crippen LogP contribution in [0.15, 0.2) is 73.8 Å². The van der Waals surface area contributed by atoms with Crippen LogP contribution in [-0.4, -0.2) is 95.2 Å². The van der Waals surface area contributed by atoms with E-state index in [1.165, 1.54) is 12.0 Å². The van der Waals surface area contributed by atoms with Crippen molar-refractivity contribution in [3.63, 3.8) is 0 Å². The average Bonchev–Trinajstić information content (AvgIpc) is 3.72. The van der Waals surface area contributed by atoms with Crippen LogP contribution in [0.4, 0.5) is 5.69 Å². The molecular formula is C41H52BrN3O8. The van der Waals surface area contributed by atoms with Gasteiger partial charge in [-0.25, -0.2) is 0 Å². The van der Waals surface area contributed by atoms with E-state index in [1.54, 1.807) is 29.2 Å². The van der Waals surface area contributed by atoms with E-state index in [1.807, 2.05) is 64.1 Å². The molecule has 12 heteroatoms. The number of nitrogens with zero attached hydrogens (tertiary/aromatic N) is 2. The number of alkyl halides is 1. The van der Waals surface area contributed by atoms with Crippen molar-refractivity contribution in [3.8, 4) is 0 Å². The number of anilines is 1. The highest BCUT2D eigenvalue weighted by Gasteiger charge is 2.78. The quantitative estimate of drug-likeness (QED) is 0.130. The fraction of sp³-hybridized carbons (Fsp3) is 0.512. The van der Waals surface area contributed by atoms with Crippen LogP contribution in [0, 0.1) is 31.6 Å². The molecule has 5 rings (SSSR count). The summed E-state index contributed by atoms with van der Waals surface area (Å²) in [5.41, 5.74) is 1.68. The predicted octanol–water partition coefficient (Wildman–Crippen LogP) is 4.97. The second kappa shape index (κ2) is 17.1. The molecule has 0 aromatic heterocycles. The summed E-state index contributed by atoms with van der Waals surface area (Å²) in [4.78, 5) is 60.5. The molecule has 53 heavy (non-hydrogen) atoms. The van der Waals surface area contributed by atoms with Crippen molar-refractivity contribution in [2.45, 2.75) is 87.7 Å². The topological polar surface area (TPSA) is 135 Å². The predicted molar refractivity (Wildman–Crippen MR) is 205 cm³/mol. The molecule has 3 saturated heterocycles. The van der Waals surface area contributed by atoms with E-state index in [0.29, 0.717) is 17.7 Å². The van der Waals surface area contributed by atoms with Crippen LogP contribution >= 0.6 is 15.9 Å². The number of nitrogens with one attached hydrogen (secondary N) is 1. The number of aliphatic hydroxyl groups excluding tert-OH is 1. The summed E-state index contributed by atoms with van der Waals surface area (Å²) in [6, 6.07) is 12.2. The number of amides is 3. The third-order valence-corrected chi connectivity index (χ3v) is 11.7. The fourth-order valence-corrected chi connectivity index (χ4v) is 9.46. The lowest BCUT2D eigenvalue weighted by atomic mass is 9.70. The number of hydrogen-bond acceptors (Lipinski definition) is 8. The number of rotatable bonds is 17. The van der Waals surface area contributed by atoms with Gasteiger partial charge in [0.05, 0.1) is 43.2 Å². The zero-order valence-electron chi connectivity index (χ0n) is 31.2. The van der Waals surface area contributed by atoms with Gasteiger partial charge in [-0.15, -0.1) is 13.2 Å². The number of likely N-dealkylation sites (tertiary alicyclic amines) is 1. The standard InChI is InChI=1S/C41H52BrN3O8/c1-8-10-19-31(47)43-29(23-51-7)35(27-17-12-11-13-18-27)52-40(50)32-33-38(48)45(30(22-46)24(3)4)37(41(33)21-28(42)36(32)53-41)39(49)44(20-9-2)34-25(5)15-14-16-26(34)6/h8-9,11-18,24,28-30,32-33,35-37,46H,1-2,10,19-23H2,3-7H3,(H,43,47)/t28?,29-,30-,32+,33-,35-,36+,37+,41-/m0/s1. The molecule has 1 spiro atoms. The summed E-state index contributed by atoms with van der Waals surface area (Å²) < 4.78 is 18.7. The second-order valence-electron chi connectivity index (χ2n) is 14.6. The van der Waals surface area contributed by atoms with Gasteiger partial charge in [0.1, 0.15) is 17.7 Å². The lowest BCUT2D eigenvalue weighted by Gasteiger charge is -2.41. The van der Waals surface area contributed by atoms with E-state index in [9.17, 15) is 19.5 Å². The van der Waals surface area contributed by atoms with Crippen molar-refractivity contribution in [1.29, 1.82) is 0 Å². The zero-order valence-corrected chi connectivity index (χ0v) is 32.8. The number of aryl methyl sites for hydroxylation is 2. The number of carbonyl (C=O) groups is 4. The van der Waals surface area contributed by atoms with Gasteiger partial charge in [0.15, 0.2) is 0 Å².